The Kier molecular flexibility index (Phi) is 9.22. The molecule has 142 valence electrons. The van der Waals surface area contributed by atoms with Crippen LogP contribution in [0.25, 0.3) is 5.57 Å². The van der Waals surface area contributed by atoms with E-state index in [9.17, 15) is 0 Å². The van der Waals surface area contributed by atoms with E-state index in [-0.39, 0.29) is 0 Å². The molecule has 1 aromatic rings. The molecule has 1 rings (SSSR count). The van der Waals surface area contributed by atoms with Crippen molar-refractivity contribution in [2.75, 3.05) is 7.11 Å². The summed E-state index contributed by atoms with van der Waals surface area (Å²) in [5.74, 6) is 0. The minimum atomic E-state index is -1.41. The van der Waals surface area contributed by atoms with E-state index >= 15 is 0 Å². The smallest absolute Gasteiger partial charge is 0.0859 e. The lowest BCUT2D eigenvalue weighted by Gasteiger charge is -2.49. The molecule has 0 spiro atoms. The van der Waals surface area contributed by atoms with Crippen LogP contribution in [0.15, 0.2) is 36.6 Å². The second-order valence-corrected chi connectivity index (χ2v) is 18.9. The maximum Gasteiger partial charge on any atom is 0.0859 e. The van der Waals surface area contributed by atoms with Gasteiger partial charge in [0.05, 0.1) is 29.5 Å². The average molecular weight is 377 g/mol. The van der Waals surface area contributed by atoms with Crippen LogP contribution < -0.4 is 0 Å². The van der Waals surface area contributed by atoms with Gasteiger partial charge in [-0.1, -0.05) is 108 Å². The first-order valence-electron chi connectivity index (χ1n) is 10.3. The van der Waals surface area contributed by atoms with E-state index in [1.54, 1.807) is 0 Å². The second-order valence-electron chi connectivity index (χ2n) is 7.45. The second kappa shape index (κ2) is 10.4. The Balaban J connectivity index is 3.71. The summed E-state index contributed by atoms with van der Waals surface area (Å²) < 4.78 is 5.68. The first kappa shape index (κ1) is 22.2. The highest BCUT2D eigenvalue weighted by atomic mass is 28.4. The van der Waals surface area contributed by atoms with Crippen molar-refractivity contribution in [1.82, 2.24) is 0 Å². The summed E-state index contributed by atoms with van der Waals surface area (Å²) in [6, 6.07) is 19.3. The standard InChI is InChI=1S/C22H40OSi2/c1-8-24(9-2,10-3)22(25(11-4,12-5)13-6)21(19-23-7)20-17-15-14-16-18-20/h14-19,22H,8-13H2,1-7H3/b21-19-. The largest absolute Gasteiger partial charge is 0.504 e. The van der Waals surface area contributed by atoms with Crippen LogP contribution in [0.4, 0.5) is 0 Å². The van der Waals surface area contributed by atoms with Crippen molar-refractivity contribution >= 4 is 21.7 Å². The van der Waals surface area contributed by atoms with Gasteiger partial charge in [0.2, 0.25) is 0 Å². The Hall–Kier alpha value is -0.806. The van der Waals surface area contributed by atoms with Crippen LogP contribution in [0.2, 0.25) is 41.4 Å². The molecule has 0 radical (unpaired) electrons. The average Bonchev–Trinajstić information content (AvgIpc) is 2.69. The highest BCUT2D eigenvalue weighted by Crippen LogP contribution is 2.52. The molecular weight excluding hydrogens is 336 g/mol. The predicted molar refractivity (Wildman–Crippen MR) is 120 cm³/mol. The molecule has 0 saturated carbocycles. The summed E-state index contributed by atoms with van der Waals surface area (Å²) in [5.41, 5.74) is 2.89. The van der Waals surface area contributed by atoms with E-state index in [2.05, 4.69) is 78.1 Å². The van der Waals surface area contributed by atoms with E-state index in [4.69, 9.17) is 4.74 Å². The third kappa shape index (κ3) is 4.49. The van der Waals surface area contributed by atoms with Gasteiger partial charge in [0.25, 0.3) is 0 Å². The van der Waals surface area contributed by atoms with E-state index in [0.29, 0.717) is 0 Å². The van der Waals surface area contributed by atoms with Crippen LogP contribution >= 0.6 is 0 Å². The fourth-order valence-electron chi connectivity index (χ4n) is 5.09. The molecule has 3 heteroatoms. The number of rotatable bonds is 11. The van der Waals surface area contributed by atoms with Crippen molar-refractivity contribution < 1.29 is 4.74 Å². The van der Waals surface area contributed by atoms with Gasteiger partial charge in [-0.05, 0) is 16.3 Å². The van der Waals surface area contributed by atoms with Crippen molar-refractivity contribution in [2.24, 2.45) is 0 Å². The van der Waals surface area contributed by atoms with Crippen LogP contribution in [-0.4, -0.2) is 23.3 Å². The zero-order chi connectivity index (χ0) is 18.9. The van der Waals surface area contributed by atoms with Crippen LogP contribution in [0.3, 0.4) is 0 Å². The van der Waals surface area contributed by atoms with Crippen LogP contribution in [-0.2, 0) is 4.74 Å². The summed E-state index contributed by atoms with van der Waals surface area (Å²) in [6.07, 6.45) is 2.10. The third-order valence-electron chi connectivity index (χ3n) is 7.11. The van der Waals surface area contributed by atoms with Crippen molar-refractivity contribution in [3.05, 3.63) is 42.2 Å². The van der Waals surface area contributed by atoms with E-state index in [1.807, 2.05) is 7.11 Å². The molecule has 0 bridgehead atoms. The molecule has 0 atom stereocenters. The molecule has 0 aliphatic heterocycles. The Morgan fingerprint density at radius 2 is 1.20 bits per heavy atom. The number of benzene rings is 1. The molecule has 0 aromatic heterocycles. The number of ether oxygens (including phenoxy) is 1. The van der Waals surface area contributed by atoms with Gasteiger partial charge in [-0.25, -0.2) is 0 Å². The van der Waals surface area contributed by atoms with Gasteiger partial charge in [-0.15, -0.1) is 0 Å². The Bertz CT molecular complexity index is 480. The predicted octanol–water partition coefficient (Wildman–Crippen LogP) is 7.60. The topological polar surface area (TPSA) is 9.23 Å². The molecule has 0 fully saturated rings. The van der Waals surface area contributed by atoms with Crippen molar-refractivity contribution in [1.29, 1.82) is 0 Å². The molecule has 0 saturated heterocycles. The van der Waals surface area contributed by atoms with Gasteiger partial charge in [-0.3, -0.25) is 0 Å². The number of allylic oxidation sites excluding steroid dienone is 1. The number of hydrogen-bond donors (Lipinski definition) is 0. The number of hydrogen-bond acceptors (Lipinski definition) is 1. The summed E-state index contributed by atoms with van der Waals surface area (Å²) in [6.45, 7) is 14.8. The quantitative estimate of drug-likeness (QED) is 0.285. The molecule has 25 heavy (non-hydrogen) atoms. The van der Waals surface area contributed by atoms with Crippen LogP contribution in [0.1, 0.15) is 47.1 Å². The molecule has 0 heterocycles. The molecule has 0 aliphatic rings. The van der Waals surface area contributed by atoms with Gasteiger partial charge in [0, 0.05) is 0 Å². The lowest BCUT2D eigenvalue weighted by Crippen LogP contribution is -2.53. The lowest BCUT2D eigenvalue weighted by molar-refractivity contribution is 0.339. The maximum absolute atomic E-state index is 5.68. The SMILES string of the molecule is CC[Si](CC)(CC)C(/C(=C\OC)c1ccccc1)[Si](CC)(CC)CC. The molecular formula is C22H40OSi2. The van der Waals surface area contributed by atoms with Gasteiger partial charge >= 0.3 is 0 Å². The molecule has 0 N–H and O–H groups in total. The summed E-state index contributed by atoms with van der Waals surface area (Å²) in [7, 11) is -1.01. The Morgan fingerprint density at radius 3 is 1.52 bits per heavy atom. The lowest BCUT2D eigenvalue weighted by atomic mass is 10.1. The van der Waals surface area contributed by atoms with Gasteiger partial charge in [-0.2, -0.15) is 0 Å². The molecule has 0 aliphatic carbocycles. The normalized spacial score (nSPS) is 13.4. The maximum atomic E-state index is 5.68. The molecule has 0 unspecified atom stereocenters. The first-order chi connectivity index (χ1) is 12.0. The van der Waals surface area contributed by atoms with Crippen molar-refractivity contribution in [2.45, 2.75) is 83.0 Å². The van der Waals surface area contributed by atoms with Crippen molar-refractivity contribution in [3.63, 3.8) is 0 Å². The zero-order valence-electron chi connectivity index (χ0n) is 17.7. The van der Waals surface area contributed by atoms with Gasteiger partial charge < -0.3 is 4.74 Å². The monoisotopic (exact) mass is 376 g/mol. The Labute approximate surface area is 158 Å². The van der Waals surface area contributed by atoms with Gasteiger partial charge in [0.15, 0.2) is 0 Å². The van der Waals surface area contributed by atoms with E-state index in [0.717, 1.165) is 5.16 Å². The highest BCUT2D eigenvalue weighted by molar-refractivity contribution is 7.01. The molecule has 0 amide bonds. The number of methoxy groups -OCH3 is 1. The minimum absolute atomic E-state index is 0.780. The molecule has 1 nitrogen and oxygen atoms in total. The highest BCUT2D eigenvalue weighted by Gasteiger charge is 2.50. The van der Waals surface area contributed by atoms with Crippen LogP contribution in [0.5, 0.6) is 0 Å². The first-order valence-corrected chi connectivity index (χ1v) is 15.7. The fourth-order valence-corrected chi connectivity index (χ4v) is 21.2. The molecule has 1 aromatic carbocycles. The Morgan fingerprint density at radius 1 is 0.800 bits per heavy atom. The van der Waals surface area contributed by atoms with E-state index < -0.39 is 16.1 Å². The van der Waals surface area contributed by atoms with Gasteiger partial charge in [0.1, 0.15) is 0 Å². The zero-order valence-corrected chi connectivity index (χ0v) is 19.7. The van der Waals surface area contributed by atoms with E-state index in [1.165, 1.54) is 47.4 Å². The van der Waals surface area contributed by atoms with Crippen LogP contribution in [0, 0.1) is 0 Å². The van der Waals surface area contributed by atoms with Crippen molar-refractivity contribution in [3.8, 4) is 0 Å². The fraction of sp³-hybridized carbons (Fsp3) is 0.636. The summed E-state index contributed by atoms with van der Waals surface area (Å²) in [4.78, 5) is 0. The summed E-state index contributed by atoms with van der Waals surface area (Å²) in [5, 5.41) is 0.780. The summed E-state index contributed by atoms with van der Waals surface area (Å²) >= 11 is 0. The minimum Gasteiger partial charge on any atom is -0.504 e. The third-order valence-corrected chi connectivity index (χ3v) is 22.3.